The van der Waals surface area contributed by atoms with Gasteiger partial charge >= 0.3 is 0 Å². The third-order valence-corrected chi connectivity index (χ3v) is 4.11. The highest BCUT2D eigenvalue weighted by Crippen LogP contribution is 2.35. The van der Waals surface area contributed by atoms with Crippen LogP contribution in [0, 0.1) is 6.92 Å². The van der Waals surface area contributed by atoms with E-state index in [0.717, 1.165) is 19.3 Å². The Kier molecular flexibility index (Phi) is 2.73. The number of ketones is 1. The summed E-state index contributed by atoms with van der Waals surface area (Å²) < 4.78 is 2.14. The molecule has 1 unspecified atom stereocenters. The zero-order valence-electron chi connectivity index (χ0n) is 11.1. The van der Waals surface area contributed by atoms with Gasteiger partial charge in [-0.05, 0) is 37.5 Å². The summed E-state index contributed by atoms with van der Waals surface area (Å²) in [7, 11) is 2.06. The molecule has 0 bridgehead atoms. The Morgan fingerprint density at radius 3 is 2.89 bits per heavy atom. The zero-order chi connectivity index (χ0) is 12.7. The van der Waals surface area contributed by atoms with Crippen molar-refractivity contribution in [1.29, 1.82) is 0 Å². The molecule has 1 heterocycles. The molecule has 0 aliphatic heterocycles. The van der Waals surface area contributed by atoms with Crippen LogP contribution in [0.2, 0.25) is 0 Å². The molecule has 1 aromatic carbocycles. The van der Waals surface area contributed by atoms with Crippen LogP contribution in [0.1, 0.15) is 42.7 Å². The second-order valence-electron chi connectivity index (χ2n) is 5.48. The average molecular weight is 241 g/mol. The van der Waals surface area contributed by atoms with Crippen molar-refractivity contribution in [2.75, 3.05) is 0 Å². The fourth-order valence-corrected chi connectivity index (χ4v) is 3.13. The second kappa shape index (κ2) is 4.27. The monoisotopic (exact) mass is 241 g/mol. The Hall–Kier alpha value is -1.57. The highest BCUT2D eigenvalue weighted by Gasteiger charge is 2.26. The molecule has 1 aromatic heterocycles. The van der Waals surface area contributed by atoms with Crippen molar-refractivity contribution in [1.82, 2.24) is 4.57 Å². The van der Waals surface area contributed by atoms with Gasteiger partial charge in [0.05, 0.1) is 0 Å². The minimum absolute atomic E-state index is 0.129. The summed E-state index contributed by atoms with van der Waals surface area (Å²) in [5.41, 5.74) is 3.73. The van der Waals surface area contributed by atoms with Crippen molar-refractivity contribution in [3.05, 3.63) is 35.5 Å². The van der Waals surface area contributed by atoms with Crippen molar-refractivity contribution in [2.45, 2.75) is 38.5 Å². The quantitative estimate of drug-likeness (QED) is 0.746. The summed E-state index contributed by atoms with van der Waals surface area (Å²) in [5, 5.41) is 1.26. The number of benzene rings is 1. The SMILES string of the molecule is Cc1ccc2c(c1)c(C1CCCCC1=O)cn2C. The van der Waals surface area contributed by atoms with E-state index in [0.29, 0.717) is 5.78 Å². The number of Topliss-reactive ketones (excluding diaryl/α,β-unsaturated/α-hetero) is 1. The van der Waals surface area contributed by atoms with Gasteiger partial charge in [-0.2, -0.15) is 0 Å². The van der Waals surface area contributed by atoms with Crippen molar-refractivity contribution in [3.8, 4) is 0 Å². The lowest BCUT2D eigenvalue weighted by atomic mass is 9.83. The number of hydrogen-bond acceptors (Lipinski definition) is 1. The van der Waals surface area contributed by atoms with Crippen LogP contribution < -0.4 is 0 Å². The molecule has 2 aromatic rings. The van der Waals surface area contributed by atoms with Gasteiger partial charge in [0, 0.05) is 36.5 Å². The molecule has 0 saturated heterocycles. The largest absolute Gasteiger partial charge is 0.350 e. The molecular weight excluding hydrogens is 222 g/mol. The van der Waals surface area contributed by atoms with Gasteiger partial charge < -0.3 is 4.57 Å². The van der Waals surface area contributed by atoms with Gasteiger partial charge in [0.25, 0.3) is 0 Å². The maximum absolute atomic E-state index is 12.1. The minimum atomic E-state index is 0.129. The molecule has 18 heavy (non-hydrogen) atoms. The molecule has 1 fully saturated rings. The Morgan fingerprint density at radius 1 is 1.28 bits per heavy atom. The van der Waals surface area contributed by atoms with E-state index in [1.807, 2.05) is 0 Å². The number of aromatic nitrogens is 1. The summed E-state index contributed by atoms with van der Waals surface area (Å²) >= 11 is 0. The molecule has 0 spiro atoms. The first kappa shape index (κ1) is 11.5. The van der Waals surface area contributed by atoms with Crippen molar-refractivity contribution in [3.63, 3.8) is 0 Å². The lowest BCUT2D eigenvalue weighted by molar-refractivity contribution is -0.121. The molecule has 0 amide bonds. The van der Waals surface area contributed by atoms with Gasteiger partial charge in [0.15, 0.2) is 0 Å². The van der Waals surface area contributed by atoms with E-state index < -0.39 is 0 Å². The molecule has 3 rings (SSSR count). The van der Waals surface area contributed by atoms with E-state index in [1.54, 1.807) is 0 Å². The Labute approximate surface area is 108 Å². The van der Waals surface area contributed by atoms with Crippen LogP contribution in [-0.2, 0) is 11.8 Å². The van der Waals surface area contributed by atoms with Crippen LogP contribution in [0.25, 0.3) is 10.9 Å². The maximum atomic E-state index is 12.1. The van der Waals surface area contributed by atoms with Gasteiger partial charge in [-0.15, -0.1) is 0 Å². The van der Waals surface area contributed by atoms with E-state index in [2.05, 4.69) is 42.9 Å². The number of fused-ring (bicyclic) bond motifs is 1. The zero-order valence-corrected chi connectivity index (χ0v) is 11.1. The van der Waals surface area contributed by atoms with Crippen LogP contribution in [0.4, 0.5) is 0 Å². The van der Waals surface area contributed by atoms with Crippen LogP contribution in [0.3, 0.4) is 0 Å². The van der Waals surface area contributed by atoms with E-state index in [1.165, 1.54) is 28.5 Å². The fraction of sp³-hybridized carbons (Fsp3) is 0.438. The second-order valence-corrected chi connectivity index (χ2v) is 5.48. The van der Waals surface area contributed by atoms with Crippen LogP contribution in [-0.4, -0.2) is 10.4 Å². The third kappa shape index (κ3) is 1.76. The van der Waals surface area contributed by atoms with Gasteiger partial charge in [-0.25, -0.2) is 0 Å². The van der Waals surface area contributed by atoms with Crippen LogP contribution in [0.15, 0.2) is 24.4 Å². The normalized spacial score (nSPS) is 20.6. The van der Waals surface area contributed by atoms with Gasteiger partial charge in [0.1, 0.15) is 5.78 Å². The first-order chi connectivity index (χ1) is 8.66. The third-order valence-electron chi connectivity index (χ3n) is 4.11. The van der Waals surface area contributed by atoms with Crippen molar-refractivity contribution >= 4 is 16.7 Å². The maximum Gasteiger partial charge on any atom is 0.140 e. The first-order valence-corrected chi connectivity index (χ1v) is 6.75. The lowest BCUT2D eigenvalue weighted by Crippen LogP contribution is -2.16. The van der Waals surface area contributed by atoms with Crippen LogP contribution in [0.5, 0.6) is 0 Å². The molecule has 1 aliphatic carbocycles. The summed E-state index contributed by atoms with van der Waals surface area (Å²) in [4.78, 5) is 12.1. The molecule has 2 heteroatoms. The topological polar surface area (TPSA) is 22.0 Å². The number of hydrogen-bond donors (Lipinski definition) is 0. The number of aryl methyl sites for hydroxylation is 2. The molecular formula is C16H19NO. The Morgan fingerprint density at radius 2 is 2.11 bits per heavy atom. The number of nitrogens with zero attached hydrogens (tertiary/aromatic N) is 1. The molecule has 0 radical (unpaired) electrons. The molecule has 2 nitrogen and oxygen atoms in total. The van der Waals surface area contributed by atoms with Crippen LogP contribution >= 0.6 is 0 Å². The predicted octanol–water partition coefficient (Wildman–Crippen LogP) is 3.71. The van der Waals surface area contributed by atoms with E-state index >= 15 is 0 Å². The number of carbonyl (C=O) groups is 1. The summed E-state index contributed by atoms with van der Waals surface area (Å²) in [6.45, 7) is 2.11. The molecule has 94 valence electrons. The molecule has 0 N–H and O–H groups in total. The Bertz CT molecular complexity index is 609. The van der Waals surface area contributed by atoms with Crippen molar-refractivity contribution in [2.24, 2.45) is 7.05 Å². The number of carbonyl (C=O) groups excluding carboxylic acids is 1. The summed E-state index contributed by atoms with van der Waals surface area (Å²) in [6.07, 6.45) is 6.18. The molecule has 1 aliphatic rings. The van der Waals surface area contributed by atoms with E-state index in [4.69, 9.17) is 0 Å². The molecule has 1 atom stereocenters. The summed E-state index contributed by atoms with van der Waals surface area (Å²) in [5.74, 6) is 0.555. The Balaban J connectivity index is 2.16. The van der Waals surface area contributed by atoms with Gasteiger partial charge in [-0.1, -0.05) is 18.1 Å². The van der Waals surface area contributed by atoms with E-state index in [-0.39, 0.29) is 5.92 Å². The lowest BCUT2D eigenvalue weighted by Gasteiger charge is -2.20. The number of rotatable bonds is 1. The van der Waals surface area contributed by atoms with Crippen molar-refractivity contribution < 1.29 is 4.79 Å². The standard InChI is InChI=1S/C16H19NO/c1-11-7-8-15-13(9-11)14(10-17(15)2)12-5-3-4-6-16(12)18/h7-10,12H,3-6H2,1-2H3. The highest BCUT2D eigenvalue weighted by atomic mass is 16.1. The minimum Gasteiger partial charge on any atom is -0.350 e. The smallest absolute Gasteiger partial charge is 0.140 e. The van der Waals surface area contributed by atoms with Gasteiger partial charge in [-0.3, -0.25) is 4.79 Å². The average Bonchev–Trinajstić information content (AvgIpc) is 2.67. The summed E-state index contributed by atoms with van der Waals surface area (Å²) in [6, 6.07) is 6.50. The van der Waals surface area contributed by atoms with Gasteiger partial charge in [0.2, 0.25) is 0 Å². The fourth-order valence-electron chi connectivity index (χ4n) is 3.13. The first-order valence-electron chi connectivity index (χ1n) is 6.75. The molecule has 1 saturated carbocycles. The predicted molar refractivity (Wildman–Crippen MR) is 73.9 cm³/mol. The van der Waals surface area contributed by atoms with E-state index in [9.17, 15) is 4.79 Å². The highest BCUT2D eigenvalue weighted by molar-refractivity contribution is 5.94.